The summed E-state index contributed by atoms with van der Waals surface area (Å²) >= 11 is 0. The number of ketones is 1. The van der Waals surface area contributed by atoms with Crippen LogP contribution in [0.4, 0.5) is 0 Å². The molecular formula is C35H48O3. The van der Waals surface area contributed by atoms with Gasteiger partial charge in [0.25, 0.3) is 0 Å². The van der Waals surface area contributed by atoms with Gasteiger partial charge in [-0.15, -0.1) is 0 Å². The molecule has 206 valence electrons. The number of hydrogen-bond donors (Lipinski definition) is 0. The third-order valence-corrected chi connectivity index (χ3v) is 11.5. The van der Waals surface area contributed by atoms with E-state index in [1.165, 1.54) is 17.6 Å². The van der Waals surface area contributed by atoms with Gasteiger partial charge in [0.1, 0.15) is 6.10 Å². The lowest BCUT2D eigenvalue weighted by Crippen LogP contribution is -2.49. The number of benzene rings is 1. The molecule has 0 radical (unpaired) electrons. The maximum Gasteiger partial charge on any atom is 0.338 e. The Bertz CT molecular complexity index is 1110. The van der Waals surface area contributed by atoms with E-state index < -0.39 is 0 Å². The molecule has 0 N–H and O–H groups in total. The second kappa shape index (κ2) is 10.4. The summed E-state index contributed by atoms with van der Waals surface area (Å²) in [7, 11) is 0. The lowest BCUT2D eigenvalue weighted by molar-refractivity contribution is -0.115. The van der Waals surface area contributed by atoms with Gasteiger partial charge in [-0.05, 0) is 103 Å². The van der Waals surface area contributed by atoms with Crippen molar-refractivity contribution < 1.29 is 14.3 Å². The minimum absolute atomic E-state index is 0.00204. The third kappa shape index (κ3) is 4.73. The summed E-state index contributed by atoms with van der Waals surface area (Å²) in [4.78, 5) is 26.4. The molecule has 3 nitrogen and oxygen atoms in total. The van der Waals surface area contributed by atoms with Crippen molar-refractivity contribution in [1.29, 1.82) is 0 Å². The molecule has 8 atom stereocenters. The molecule has 3 fully saturated rings. The second-order valence-electron chi connectivity index (χ2n) is 13.9. The van der Waals surface area contributed by atoms with Gasteiger partial charge in [-0.1, -0.05) is 77.5 Å². The fourth-order valence-electron chi connectivity index (χ4n) is 8.70. The van der Waals surface area contributed by atoms with Crippen molar-refractivity contribution in [3.8, 4) is 0 Å². The molecule has 0 spiro atoms. The van der Waals surface area contributed by atoms with Gasteiger partial charge in [0.15, 0.2) is 5.78 Å². The summed E-state index contributed by atoms with van der Waals surface area (Å²) in [6.07, 6.45) is 12.9. The van der Waals surface area contributed by atoms with E-state index in [-0.39, 0.29) is 22.9 Å². The average molecular weight is 517 g/mol. The fraction of sp³-hybridized carbons (Fsp3) is 0.657. The lowest BCUT2D eigenvalue weighted by Gasteiger charge is -2.56. The first-order chi connectivity index (χ1) is 18.0. The van der Waals surface area contributed by atoms with Crippen LogP contribution in [-0.4, -0.2) is 17.9 Å². The van der Waals surface area contributed by atoms with E-state index in [0.717, 1.165) is 38.5 Å². The number of ether oxygens (including phenoxy) is 1. The van der Waals surface area contributed by atoms with Crippen LogP contribution in [-0.2, 0) is 9.53 Å². The Hall–Kier alpha value is -2.16. The highest BCUT2D eigenvalue weighted by atomic mass is 16.5. The van der Waals surface area contributed by atoms with Crippen LogP contribution in [0.1, 0.15) is 103 Å². The van der Waals surface area contributed by atoms with Gasteiger partial charge < -0.3 is 4.74 Å². The first kappa shape index (κ1) is 27.4. The SMILES string of the molecule is CC(C)[C@H](C)/C=C/[C@H](C)[C@H]1CC(=O)C2=C3CC[C@H]4C[C@@H](OC(=O)c5ccccc5)CC[C@]4(C)[C@H]3CC[C@@]21C. The summed E-state index contributed by atoms with van der Waals surface area (Å²) in [5, 5.41) is 0. The van der Waals surface area contributed by atoms with Crippen LogP contribution in [0.25, 0.3) is 0 Å². The van der Waals surface area contributed by atoms with E-state index in [9.17, 15) is 9.59 Å². The number of hydrogen-bond acceptors (Lipinski definition) is 3. The number of esters is 1. The van der Waals surface area contributed by atoms with Crippen LogP contribution in [0, 0.1) is 46.3 Å². The Balaban J connectivity index is 1.33. The Morgan fingerprint density at radius 1 is 1.00 bits per heavy atom. The summed E-state index contributed by atoms with van der Waals surface area (Å²) in [5.41, 5.74) is 3.60. The highest BCUT2D eigenvalue weighted by Crippen LogP contribution is 2.65. The summed E-state index contributed by atoms with van der Waals surface area (Å²) in [6.45, 7) is 14.1. The molecule has 3 saturated carbocycles. The second-order valence-corrected chi connectivity index (χ2v) is 13.9. The minimum atomic E-state index is -0.195. The largest absolute Gasteiger partial charge is 0.459 e. The molecule has 0 unspecified atom stereocenters. The molecule has 0 amide bonds. The Morgan fingerprint density at radius 2 is 1.74 bits per heavy atom. The topological polar surface area (TPSA) is 43.4 Å². The van der Waals surface area contributed by atoms with Gasteiger partial charge in [-0.3, -0.25) is 4.79 Å². The number of carbonyl (C=O) groups is 2. The van der Waals surface area contributed by atoms with E-state index >= 15 is 0 Å². The van der Waals surface area contributed by atoms with Gasteiger partial charge in [-0.25, -0.2) is 4.79 Å². The van der Waals surface area contributed by atoms with E-state index in [0.29, 0.717) is 53.3 Å². The molecule has 4 aliphatic rings. The molecule has 0 aromatic heterocycles. The molecule has 3 heteroatoms. The number of carbonyl (C=O) groups excluding carboxylic acids is 2. The highest BCUT2D eigenvalue weighted by Gasteiger charge is 2.58. The van der Waals surface area contributed by atoms with E-state index in [1.54, 1.807) is 0 Å². The number of Topliss-reactive ketones (excluding diaryl/α,β-unsaturated/α-hetero) is 1. The summed E-state index contributed by atoms with van der Waals surface area (Å²) in [6, 6.07) is 9.37. The predicted molar refractivity (Wildman–Crippen MR) is 154 cm³/mol. The van der Waals surface area contributed by atoms with Crippen molar-refractivity contribution >= 4 is 11.8 Å². The standard InChI is InChI=1S/C35H48O3/c1-22(2)23(3)12-13-24(4)30-21-31(36)32-28-15-14-26-20-27(38-33(37)25-10-8-7-9-11-25)16-18-34(26,5)29(28)17-19-35(30,32)6/h7-13,22-24,26-27,29-30H,14-21H2,1-6H3/b13-12+/t23-,24+,26+,27+,29+,30-,34+,35-/m1/s1. The van der Waals surface area contributed by atoms with E-state index in [1.807, 2.05) is 30.3 Å². The number of allylic oxidation sites excluding steroid dienone is 4. The zero-order valence-corrected chi connectivity index (χ0v) is 24.5. The molecule has 1 aromatic rings. The monoisotopic (exact) mass is 516 g/mol. The van der Waals surface area contributed by atoms with Crippen molar-refractivity contribution in [3.63, 3.8) is 0 Å². The Labute approximate surface area is 230 Å². The molecule has 0 aliphatic heterocycles. The van der Waals surface area contributed by atoms with Crippen LogP contribution in [0.3, 0.4) is 0 Å². The summed E-state index contributed by atoms with van der Waals surface area (Å²) in [5.74, 6) is 3.32. The molecule has 4 aliphatic carbocycles. The van der Waals surface area contributed by atoms with Gasteiger partial charge in [0, 0.05) is 12.0 Å². The molecule has 0 saturated heterocycles. The third-order valence-electron chi connectivity index (χ3n) is 11.5. The van der Waals surface area contributed by atoms with Gasteiger partial charge in [-0.2, -0.15) is 0 Å². The van der Waals surface area contributed by atoms with Crippen LogP contribution in [0.2, 0.25) is 0 Å². The van der Waals surface area contributed by atoms with Crippen molar-refractivity contribution in [1.82, 2.24) is 0 Å². The first-order valence-electron chi connectivity index (χ1n) is 15.3. The first-order valence-corrected chi connectivity index (χ1v) is 15.3. The number of rotatable bonds is 6. The number of fused-ring (bicyclic) bond motifs is 4. The van der Waals surface area contributed by atoms with E-state index in [2.05, 4.69) is 53.7 Å². The molecule has 0 bridgehead atoms. The lowest BCUT2D eigenvalue weighted by atomic mass is 9.49. The normalized spacial score (nSPS) is 36.6. The quantitative estimate of drug-likeness (QED) is 0.281. The smallest absolute Gasteiger partial charge is 0.338 e. The van der Waals surface area contributed by atoms with E-state index in [4.69, 9.17) is 4.74 Å². The average Bonchev–Trinajstić information content (AvgIpc) is 3.18. The van der Waals surface area contributed by atoms with Crippen molar-refractivity contribution in [3.05, 3.63) is 59.2 Å². The molecule has 38 heavy (non-hydrogen) atoms. The van der Waals surface area contributed by atoms with Crippen LogP contribution in [0.15, 0.2) is 53.6 Å². The maximum atomic E-state index is 13.7. The van der Waals surface area contributed by atoms with Gasteiger partial charge in [0.05, 0.1) is 5.56 Å². The van der Waals surface area contributed by atoms with Crippen molar-refractivity contribution in [2.75, 3.05) is 0 Å². The molecule has 0 heterocycles. The van der Waals surface area contributed by atoms with Gasteiger partial charge in [0.2, 0.25) is 0 Å². The van der Waals surface area contributed by atoms with Crippen molar-refractivity contribution in [2.24, 2.45) is 46.3 Å². The zero-order valence-electron chi connectivity index (χ0n) is 24.5. The van der Waals surface area contributed by atoms with Crippen LogP contribution in [0.5, 0.6) is 0 Å². The maximum absolute atomic E-state index is 13.7. The Kier molecular flexibility index (Phi) is 7.52. The predicted octanol–water partition coefficient (Wildman–Crippen LogP) is 8.60. The fourth-order valence-corrected chi connectivity index (χ4v) is 8.70. The summed E-state index contributed by atoms with van der Waals surface area (Å²) < 4.78 is 5.99. The molecule has 5 rings (SSSR count). The van der Waals surface area contributed by atoms with Gasteiger partial charge >= 0.3 is 5.97 Å². The minimum Gasteiger partial charge on any atom is -0.459 e. The highest BCUT2D eigenvalue weighted by molar-refractivity contribution is 6.00. The van der Waals surface area contributed by atoms with Crippen molar-refractivity contribution in [2.45, 2.75) is 99.0 Å². The Morgan fingerprint density at radius 3 is 2.45 bits per heavy atom. The molecule has 1 aromatic carbocycles. The van der Waals surface area contributed by atoms with Crippen LogP contribution >= 0.6 is 0 Å². The zero-order chi connectivity index (χ0) is 27.2. The molecular weight excluding hydrogens is 468 g/mol. The van der Waals surface area contributed by atoms with Crippen LogP contribution < -0.4 is 0 Å².